The Balaban J connectivity index is 1.63. The monoisotopic (exact) mass is 511 g/mol. The van der Waals surface area contributed by atoms with Crippen LogP contribution in [0, 0.1) is 0 Å². The van der Waals surface area contributed by atoms with Crippen LogP contribution in [0.3, 0.4) is 0 Å². The Morgan fingerprint density at radius 1 is 0.475 bits per heavy atom. The molecule has 4 aromatic heterocycles. The number of pyridine rings is 1. The average Bonchev–Trinajstić information content (AvgIpc) is 3.55. The van der Waals surface area contributed by atoms with Gasteiger partial charge in [-0.25, -0.2) is 4.98 Å². The van der Waals surface area contributed by atoms with Crippen molar-refractivity contribution in [1.82, 2.24) is 24.1 Å². The molecule has 0 amide bonds. The minimum absolute atomic E-state index is 0.874. The third-order valence-corrected chi connectivity index (χ3v) is 8.01. The van der Waals surface area contributed by atoms with Crippen molar-refractivity contribution in [3.05, 3.63) is 128 Å². The maximum atomic E-state index is 5.01. The van der Waals surface area contributed by atoms with Crippen LogP contribution in [-0.4, -0.2) is 24.1 Å². The summed E-state index contributed by atoms with van der Waals surface area (Å²) >= 11 is 0. The molecule has 9 rings (SSSR count). The standard InChI is InChI=1S/C35H21N5/c1-2-12-24(13-3-1)39-27-16-8-6-14-25(27)30-32-33(37-19-18-36-32)31-26-15-7-9-17-28(26)40(35(31)34(30)39)29-20-22-10-4-5-11-23(22)21-38-29/h1-21H. The second-order valence-corrected chi connectivity index (χ2v) is 10.1. The first-order valence-corrected chi connectivity index (χ1v) is 13.4. The normalized spacial score (nSPS) is 12.0. The second kappa shape index (κ2) is 7.98. The van der Waals surface area contributed by atoms with Gasteiger partial charge in [0.1, 0.15) is 5.82 Å². The van der Waals surface area contributed by atoms with Gasteiger partial charge in [0.15, 0.2) is 0 Å². The molecule has 0 saturated carbocycles. The lowest BCUT2D eigenvalue weighted by molar-refractivity contribution is 1.08. The molecule has 0 atom stereocenters. The van der Waals surface area contributed by atoms with Crippen molar-refractivity contribution < 1.29 is 0 Å². The molecule has 186 valence electrons. The van der Waals surface area contributed by atoms with Crippen LogP contribution < -0.4 is 0 Å². The fourth-order valence-electron chi connectivity index (χ4n) is 6.39. The summed E-state index contributed by atoms with van der Waals surface area (Å²) in [5, 5.41) is 6.73. The van der Waals surface area contributed by atoms with Crippen molar-refractivity contribution in [2.45, 2.75) is 0 Å². The molecule has 0 fully saturated rings. The Bertz CT molecular complexity index is 2430. The van der Waals surface area contributed by atoms with Crippen LogP contribution in [0.5, 0.6) is 0 Å². The van der Waals surface area contributed by atoms with E-state index in [0.29, 0.717) is 0 Å². The molecule has 0 saturated heterocycles. The van der Waals surface area contributed by atoms with Crippen molar-refractivity contribution in [2.24, 2.45) is 0 Å². The first-order valence-electron chi connectivity index (χ1n) is 13.4. The topological polar surface area (TPSA) is 48.5 Å². The summed E-state index contributed by atoms with van der Waals surface area (Å²) in [5.74, 6) is 0.874. The molecule has 4 heterocycles. The number of hydrogen-bond donors (Lipinski definition) is 0. The third kappa shape index (κ3) is 2.78. The van der Waals surface area contributed by atoms with Gasteiger partial charge < -0.3 is 4.57 Å². The summed E-state index contributed by atoms with van der Waals surface area (Å²) in [7, 11) is 0. The molecule has 0 bridgehead atoms. The minimum Gasteiger partial charge on any atom is -0.307 e. The first-order chi connectivity index (χ1) is 19.9. The van der Waals surface area contributed by atoms with Crippen molar-refractivity contribution >= 4 is 65.4 Å². The van der Waals surface area contributed by atoms with Gasteiger partial charge in [0.2, 0.25) is 0 Å². The number of rotatable bonds is 2. The van der Waals surface area contributed by atoms with Gasteiger partial charge in [-0.15, -0.1) is 0 Å². The highest BCUT2D eigenvalue weighted by Crippen LogP contribution is 2.45. The number of nitrogens with zero attached hydrogens (tertiary/aromatic N) is 5. The van der Waals surface area contributed by atoms with E-state index in [0.717, 1.165) is 76.9 Å². The fourth-order valence-corrected chi connectivity index (χ4v) is 6.39. The van der Waals surface area contributed by atoms with Crippen LogP contribution in [0.15, 0.2) is 128 Å². The molecule has 0 unspecified atom stereocenters. The Kier molecular flexibility index (Phi) is 4.27. The average molecular weight is 512 g/mol. The molecular formula is C35H21N5. The van der Waals surface area contributed by atoms with Gasteiger partial charge in [0, 0.05) is 51.2 Å². The number of hydrogen-bond acceptors (Lipinski definition) is 3. The van der Waals surface area contributed by atoms with Gasteiger partial charge in [-0.1, -0.05) is 78.9 Å². The minimum atomic E-state index is 0.874. The van der Waals surface area contributed by atoms with E-state index in [2.05, 4.69) is 118 Å². The number of benzene rings is 5. The number of fused-ring (bicyclic) bond motifs is 11. The van der Waals surface area contributed by atoms with E-state index in [1.165, 1.54) is 0 Å². The highest BCUT2D eigenvalue weighted by molar-refractivity contribution is 6.34. The Morgan fingerprint density at radius 3 is 1.73 bits per heavy atom. The van der Waals surface area contributed by atoms with E-state index < -0.39 is 0 Å². The summed E-state index contributed by atoms with van der Waals surface area (Å²) in [6.45, 7) is 0. The van der Waals surface area contributed by atoms with Crippen LogP contribution in [0.25, 0.3) is 76.9 Å². The van der Waals surface area contributed by atoms with Gasteiger partial charge in [0.25, 0.3) is 0 Å². The molecule has 0 aliphatic heterocycles. The quantitative estimate of drug-likeness (QED) is 0.234. The maximum Gasteiger partial charge on any atom is 0.138 e. The summed E-state index contributed by atoms with van der Waals surface area (Å²) in [6, 6.07) is 38.3. The van der Waals surface area contributed by atoms with Crippen LogP contribution in [0.1, 0.15) is 0 Å². The van der Waals surface area contributed by atoms with Crippen molar-refractivity contribution in [1.29, 1.82) is 0 Å². The zero-order valence-electron chi connectivity index (χ0n) is 21.4. The molecule has 9 aromatic rings. The Morgan fingerprint density at radius 2 is 1.02 bits per heavy atom. The van der Waals surface area contributed by atoms with Gasteiger partial charge in [-0.2, -0.15) is 0 Å². The molecular weight excluding hydrogens is 490 g/mol. The van der Waals surface area contributed by atoms with Gasteiger partial charge >= 0.3 is 0 Å². The van der Waals surface area contributed by atoms with Gasteiger partial charge in [0.05, 0.1) is 33.1 Å². The van der Waals surface area contributed by atoms with Crippen LogP contribution in [0.4, 0.5) is 0 Å². The molecule has 0 N–H and O–H groups in total. The van der Waals surface area contributed by atoms with E-state index in [-0.39, 0.29) is 0 Å². The van der Waals surface area contributed by atoms with E-state index in [4.69, 9.17) is 15.0 Å². The predicted octanol–water partition coefficient (Wildman–Crippen LogP) is 8.37. The second-order valence-electron chi connectivity index (χ2n) is 10.1. The van der Waals surface area contributed by atoms with Crippen molar-refractivity contribution in [2.75, 3.05) is 0 Å². The van der Waals surface area contributed by atoms with Crippen molar-refractivity contribution in [3.63, 3.8) is 0 Å². The predicted molar refractivity (Wildman–Crippen MR) is 164 cm³/mol. The Hall–Kier alpha value is -5.55. The summed E-state index contributed by atoms with van der Waals surface area (Å²) in [4.78, 5) is 14.9. The van der Waals surface area contributed by atoms with E-state index in [9.17, 15) is 0 Å². The van der Waals surface area contributed by atoms with Crippen LogP contribution in [0.2, 0.25) is 0 Å². The van der Waals surface area contributed by atoms with E-state index in [1.54, 1.807) is 12.4 Å². The van der Waals surface area contributed by atoms with E-state index >= 15 is 0 Å². The lowest BCUT2D eigenvalue weighted by Gasteiger charge is -2.13. The lowest BCUT2D eigenvalue weighted by Crippen LogP contribution is -2.01. The fraction of sp³-hybridized carbons (Fsp3) is 0. The SMILES string of the molecule is c1ccc(-n2c3ccccc3c3c4nccnc4c4c5ccccc5n(-c5cc6ccccc6cn5)c4c32)cc1. The number of para-hydroxylation sites is 3. The number of aromatic nitrogens is 5. The van der Waals surface area contributed by atoms with Gasteiger partial charge in [-0.05, 0) is 35.7 Å². The molecule has 0 spiro atoms. The van der Waals surface area contributed by atoms with Gasteiger partial charge in [-0.3, -0.25) is 14.5 Å². The smallest absolute Gasteiger partial charge is 0.138 e. The van der Waals surface area contributed by atoms with Crippen molar-refractivity contribution in [3.8, 4) is 11.5 Å². The molecule has 0 aliphatic carbocycles. The molecule has 0 aliphatic rings. The Labute approximate surface area is 228 Å². The summed E-state index contributed by atoms with van der Waals surface area (Å²) < 4.78 is 4.68. The molecule has 5 heteroatoms. The maximum absolute atomic E-state index is 5.01. The summed E-state index contributed by atoms with van der Waals surface area (Å²) in [5.41, 5.74) is 7.30. The third-order valence-electron chi connectivity index (χ3n) is 8.01. The molecule has 5 aromatic carbocycles. The zero-order chi connectivity index (χ0) is 26.2. The molecule has 0 radical (unpaired) electrons. The molecule has 5 nitrogen and oxygen atoms in total. The summed E-state index contributed by atoms with van der Waals surface area (Å²) in [6.07, 6.45) is 5.56. The van der Waals surface area contributed by atoms with E-state index in [1.807, 2.05) is 6.20 Å². The highest BCUT2D eigenvalue weighted by Gasteiger charge is 2.25. The largest absolute Gasteiger partial charge is 0.307 e. The lowest BCUT2D eigenvalue weighted by atomic mass is 10.1. The first kappa shape index (κ1) is 21.4. The zero-order valence-corrected chi connectivity index (χ0v) is 21.4. The highest BCUT2D eigenvalue weighted by atomic mass is 15.1. The van der Waals surface area contributed by atoms with Crippen LogP contribution in [-0.2, 0) is 0 Å². The van der Waals surface area contributed by atoms with Crippen LogP contribution >= 0.6 is 0 Å². The molecule has 40 heavy (non-hydrogen) atoms.